The van der Waals surface area contributed by atoms with Crippen LogP contribution in [0.2, 0.25) is 0 Å². The summed E-state index contributed by atoms with van der Waals surface area (Å²) >= 11 is 0. The van der Waals surface area contributed by atoms with Crippen molar-refractivity contribution in [2.75, 3.05) is 6.54 Å². The summed E-state index contributed by atoms with van der Waals surface area (Å²) in [5.74, 6) is -0.410. The zero-order valence-electron chi connectivity index (χ0n) is 9.56. The van der Waals surface area contributed by atoms with E-state index >= 15 is 0 Å². The van der Waals surface area contributed by atoms with Crippen LogP contribution < -0.4 is 10.6 Å². The Morgan fingerprint density at radius 1 is 1.50 bits per heavy atom. The van der Waals surface area contributed by atoms with Gasteiger partial charge in [-0.3, -0.25) is 9.59 Å². The molecule has 2 amide bonds. The van der Waals surface area contributed by atoms with E-state index in [1.54, 1.807) is 12.3 Å². The van der Waals surface area contributed by atoms with Crippen molar-refractivity contribution < 1.29 is 9.59 Å². The van der Waals surface area contributed by atoms with E-state index in [4.69, 9.17) is 0 Å². The SMILES string of the molecule is O=C(N[C@H]1CCNC1=O)c1cc2cccnc2[nH]1. The molecule has 1 aliphatic rings. The average Bonchev–Trinajstić information content (AvgIpc) is 2.96. The number of carbonyl (C=O) groups excluding carboxylic acids is 2. The molecule has 3 N–H and O–H groups in total. The van der Waals surface area contributed by atoms with Gasteiger partial charge in [-0.15, -0.1) is 0 Å². The first-order chi connectivity index (χ1) is 8.74. The van der Waals surface area contributed by atoms with Gasteiger partial charge in [0.15, 0.2) is 0 Å². The highest BCUT2D eigenvalue weighted by Crippen LogP contribution is 2.12. The molecule has 0 unspecified atom stereocenters. The first kappa shape index (κ1) is 10.8. The van der Waals surface area contributed by atoms with Crippen LogP contribution in [0.4, 0.5) is 0 Å². The molecule has 0 radical (unpaired) electrons. The van der Waals surface area contributed by atoms with E-state index in [0.717, 1.165) is 5.39 Å². The Morgan fingerprint density at radius 2 is 2.39 bits per heavy atom. The summed E-state index contributed by atoms with van der Waals surface area (Å²) < 4.78 is 0. The van der Waals surface area contributed by atoms with Gasteiger partial charge in [0.05, 0.1) is 0 Å². The van der Waals surface area contributed by atoms with E-state index in [9.17, 15) is 9.59 Å². The molecular weight excluding hydrogens is 232 g/mol. The molecule has 1 saturated heterocycles. The molecule has 6 nitrogen and oxygen atoms in total. The van der Waals surface area contributed by atoms with Gasteiger partial charge in [0, 0.05) is 18.1 Å². The van der Waals surface area contributed by atoms with Gasteiger partial charge in [-0.1, -0.05) is 0 Å². The number of aromatic nitrogens is 2. The van der Waals surface area contributed by atoms with Crippen molar-refractivity contribution >= 4 is 22.8 Å². The molecule has 1 aliphatic heterocycles. The number of rotatable bonds is 2. The zero-order valence-corrected chi connectivity index (χ0v) is 9.56. The number of nitrogens with one attached hydrogen (secondary N) is 3. The summed E-state index contributed by atoms with van der Waals surface area (Å²) in [5.41, 5.74) is 1.09. The molecule has 0 saturated carbocycles. The summed E-state index contributed by atoms with van der Waals surface area (Å²) in [6, 6.07) is 4.97. The molecule has 3 rings (SSSR count). The predicted octanol–water partition coefficient (Wildman–Crippen LogP) is 0.181. The van der Waals surface area contributed by atoms with E-state index in [1.807, 2.05) is 12.1 Å². The predicted molar refractivity (Wildman–Crippen MR) is 65.0 cm³/mol. The van der Waals surface area contributed by atoms with Gasteiger partial charge in [-0.05, 0) is 24.6 Å². The van der Waals surface area contributed by atoms with E-state index in [0.29, 0.717) is 24.3 Å². The van der Waals surface area contributed by atoms with E-state index in [1.165, 1.54) is 0 Å². The maximum absolute atomic E-state index is 12.0. The van der Waals surface area contributed by atoms with Crippen LogP contribution in [0.3, 0.4) is 0 Å². The fourth-order valence-corrected chi connectivity index (χ4v) is 2.05. The van der Waals surface area contributed by atoms with Crippen LogP contribution in [0, 0.1) is 0 Å². The number of pyridine rings is 1. The third kappa shape index (κ3) is 1.81. The Labute approximate surface area is 103 Å². The second-order valence-corrected chi connectivity index (χ2v) is 4.23. The molecule has 3 heterocycles. The maximum Gasteiger partial charge on any atom is 0.268 e. The minimum absolute atomic E-state index is 0.127. The van der Waals surface area contributed by atoms with Gasteiger partial charge in [-0.25, -0.2) is 4.98 Å². The van der Waals surface area contributed by atoms with Crippen LogP contribution in [-0.4, -0.2) is 34.4 Å². The van der Waals surface area contributed by atoms with Crippen molar-refractivity contribution in [3.63, 3.8) is 0 Å². The van der Waals surface area contributed by atoms with Crippen LogP contribution in [0.25, 0.3) is 11.0 Å². The molecule has 2 aromatic rings. The monoisotopic (exact) mass is 244 g/mol. The molecule has 2 aromatic heterocycles. The Bertz CT molecular complexity index is 586. The standard InChI is InChI=1S/C12H12N4O2/c17-11-8(3-5-14-11)16-12(18)9-6-7-2-1-4-13-10(7)15-9/h1-2,4,6,8H,3,5H2,(H,13,15)(H,14,17)(H,16,18)/t8-/m0/s1. The summed E-state index contributed by atoms with van der Waals surface area (Å²) in [6.45, 7) is 0.609. The Kier molecular flexibility index (Phi) is 2.47. The van der Waals surface area contributed by atoms with E-state index in [-0.39, 0.29) is 11.8 Å². The lowest BCUT2D eigenvalue weighted by Crippen LogP contribution is -2.40. The zero-order chi connectivity index (χ0) is 12.5. The highest BCUT2D eigenvalue weighted by Gasteiger charge is 2.26. The molecular formula is C12H12N4O2. The largest absolute Gasteiger partial charge is 0.354 e. The van der Waals surface area contributed by atoms with Gasteiger partial charge in [-0.2, -0.15) is 0 Å². The molecule has 6 heteroatoms. The minimum Gasteiger partial charge on any atom is -0.354 e. The molecule has 18 heavy (non-hydrogen) atoms. The number of fused-ring (bicyclic) bond motifs is 1. The number of carbonyl (C=O) groups is 2. The number of H-pyrrole nitrogens is 1. The van der Waals surface area contributed by atoms with Crippen molar-refractivity contribution in [3.05, 3.63) is 30.1 Å². The number of hydrogen-bond acceptors (Lipinski definition) is 3. The van der Waals surface area contributed by atoms with Crippen LogP contribution in [0.1, 0.15) is 16.9 Å². The van der Waals surface area contributed by atoms with Gasteiger partial charge in [0.1, 0.15) is 17.4 Å². The molecule has 1 atom stereocenters. The number of aromatic amines is 1. The second kappa shape index (κ2) is 4.14. The Balaban J connectivity index is 1.81. The first-order valence-electron chi connectivity index (χ1n) is 5.76. The number of hydrogen-bond donors (Lipinski definition) is 3. The molecule has 1 fully saturated rings. The lowest BCUT2D eigenvalue weighted by atomic mass is 10.2. The molecule has 0 aromatic carbocycles. The fourth-order valence-electron chi connectivity index (χ4n) is 2.05. The smallest absolute Gasteiger partial charge is 0.268 e. The average molecular weight is 244 g/mol. The molecule has 0 aliphatic carbocycles. The lowest BCUT2D eigenvalue weighted by molar-refractivity contribution is -0.120. The number of nitrogens with zero attached hydrogens (tertiary/aromatic N) is 1. The molecule has 0 spiro atoms. The minimum atomic E-state index is -0.433. The highest BCUT2D eigenvalue weighted by atomic mass is 16.2. The van der Waals surface area contributed by atoms with Crippen LogP contribution in [0.15, 0.2) is 24.4 Å². The van der Waals surface area contributed by atoms with E-state index < -0.39 is 6.04 Å². The second-order valence-electron chi connectivity index (χ2n) is 4.23. The topological polar surface area (TPSA) is 86.9 Å². The van der Waals surface area contributed by atoms with Crippen molar-refractivity contribution in [2.45, 2.75) is 12.5 Å². The fraction of sp³-hybridized carbons (Fsp3) is 0.250. The van der Waals surface area contributed by atoms with Crippen molar-refractivity contribution in [2.24, 2.45) is 0 Å². The highest BCUT2D eigenvalue weighted by molar-refractivity contribution is 5.99. The van der Waals surface area contributed by atoms with Gasteiger partial charge in [0.2, 0.25) is 5.91 Å². The van der Waals surface area contributed by atoms with Crippen molar-refractivity contribution in [1.29, 1.82) is 0 Å². The van der Waals surface area contributed by atoms with Crippen molar-refractivity contribution in [1.82, 2.24) is 20.6 Å². The Hall–Kier alpha value is -2.37. The van der Waals surface area contributed by atoms with Crippen LogP contribution >= 0.6 is 0 Å². The molecule has 0 bridgehead atoms. The van der Waals surface area contributed by atoms with Crippen molar-refractivity contribution in [3.8, 4) is 0 Å². The van der Waals surface area contributed by atoms with Crippen LogP contribution in [0.5, 0.6) is 0 Å². The quantitative estimate of drug-likeness (QED) is 0.704. The van der Waals surface area contributed by atoms with Crippen LogP contribution in [-0.2, 0) is 4.79 Å². The number of amides is 2. The van der Waals surface area contributed by atoms with Gasteiger partial charge >= 0.3 is 0 Å². The summed E-state index contributed by atoms with van der Waals surface area (Å²) in [4.78, 5) is 30.4. The van der Waals surface area contributed by atoms with Gasteiger partial charge < -0.3 is 15.6 Å². The van der Waals surface area contributed by atoms with E-state index in [2.05, 4.69) is 20.6 Å². The molecule has 92 valence electrons. The summed E-state index contributed by atoms with van der Waals surface area (Å²) in [7, 11) is 0. The Morgan fingerprint density at radius 3 is 3.11 bits per heavy atom. The van der Waals surface area contributed by atoms with Gasteiger partial charge in [0.25, 0.3) is 5.91 Å². The summed E-state index contributed by atoms with van der Waals surface area (Å²) in [6.07, 6.45) is 2.29. The third-order valence-electron chi connectivity index (χ3n) is 2.99. The third-order valence-corrected chi connectivity index (χ3v) is 2.99. The first-order valence-corrected chi connectivity index (χ1v) is 5.76. The normalized spacial score (nSPS) is 18.9. The summed E-state index contributed by atoms with van der Waals surface area (Å²) in [5, 5.41) is 6.25. The maximum atomic E-state index is 12.0. The lowest BCUT2D eigenvalue weighted by Gasteiger charge is -2.08.